The molecule has 2 aliphatic rings. The van der Waals surface area contributed by atoms with Gasteiger partial charge in [-0.1, -0.05) is 38.0 Å². The molecule has 1 N–H and O–H groups in total. The molecule has 0 amide bonds. The molecule has 1 heterocycles. The zero-order chi connectivity index (χ0) is 13.3. The fourth-order valence-corrected chi connectivity index (χ4v) is 3.65. The Morgan fingerprint density at radius 3 is 3.05 bits per heavy atom. The van der Waals surface area contributed by atoms with Gasteiger partial charge in [-0.15, -0.1) is 0 Å². The maximum atomic E-state index is 11.1. The van der Waals surface area contributed by atoms with Crippen LogP contribution in [-0.2, 0) is 12.0 Å². The van der Waals surface area contributed by atoms with Gasteiger partial charge in [0.05, 0.1) is 12.2 Å². The second kappa shape index (κ2) is 5.16. The van der Waals surface area contributed by atoms with E-state index in [1.54, 1.807) is 0 Å². The lowest BCUT2D eigenvalue weighted by Gasteiger charge is -2.29. The van der Waals surface area contributed by atoms with E-state index in [9.17, 15) is 5.11 Å². The molecule has 0 bridgehead atoms. The summed E-state index contributed by atoms with van der Waals surface area (Å²) in [4.78, 5) is 0. The smallest absolute Gasteiger partial charge is 0.128 e. The second-order valence-corrected chi connectivity index (χ2v) is 6.13. The summed E-state index contributed by atoms with van der Waals surface area (Å²) in [5.74, 6) is 1.76. The minimum Gasteiger partial charge on any atom is -0.493 e. The Bertz CT molecular complexity index is 455. The summed E-state index contributed by atoms with van der Waals surface area (Å²) in [6, 6.07) is 6.26. The molecule has 1 fully saturated rings. The van der Waals surface area contributed by atoms with E-state index >= 15 is 0 Å². The standard InChI is InChI=1S/C17H24O2/c1-2-13-5-4-10-17(18,11-8-13)15-7-3-6-14-9-12-19-16(14)15/h3,6-7,13,18H,2,4-5,8-12H2,1H3. The molecule has 1 aliphatic carbocycles. The molecule has 0 spiro atoms. The molecule has 0 radical (unpaired) electrons. The first kappa shape index (κ1) is 13.0. The topological polar surface area (TPSA) is 29.5 Å². The summed E-state index contributed by atoms with van der Waals surface area (Å²) in [6.45, 7) is 3.03. The molecule has 1 aromatic rings. The molecule has 19 heavy (non-hydrogen) atoms. The third kappa shape index (κ3) is 2.38. The van der Waals surface area contributed by atoms with Crippen molar-refractivity contribution in [2.75, 3.05) is 6.61 Å². The summed E-state index contributed by atoms with van der Waals surface area (Å²) in [5.41, 5.74) is 1.64. The number of ether oxygens (including phenoxy) is 1. The van der Waals surface area contributed by atoms with Crippen molar-refractivity contribution in [2.24, 2.45) is 5.92 Å². The van der Waals surface area contributed by atoms with Gasteiger partial charge in [-0.25, -0.2) is 0 Å². The van der Waals surface area contributed by atoms with Crippen molar-refractivity contribution in [1.82, 2.24) is 0 Å². The quantitative estimate of drug-likeness (QED) is 0.820. The summed E-state index contributed by atoms with van der Waals surface area (Å²) in [6.07, 6.45) is 7.50. The van der Waals surface area contributed by atoms with Gasteiger partial charge in [0.15, 0.2) is 0 Å². The highest BCUT2D eigenvalue weighted by atomic mass is 16.5. The fraction of sp³-hybridized carbons (Fsp3) is 0.647. The van der Waals surface area contributed by atoms with Gasteiger partial charge in [0, 0.05) is 12.0 Å². The van der Waals surface area contributed by atoms with Gasteiger partial charge >= 0.3 is 0 Å². The molecule has 2 heteroatoms. The molecular formula is C17H24O2. The number of hydrogen-bond acceptors (Lipinski definition) is 2. The SMILES string of the molecule is CCC1CCCC(O)(c2cccc3c2OCC3)CC1. The lowest BCUT2D eigenvalue weighted by atomic mass is 9.84. The number of aliphatic hydroxyl groups is 1. The minimum absolute atomic E-state index is 0.667. The molecular weight excluding hydrogens is 236 g/mol. The molecule has 1 aliphatic heterocycles. The van der Waals surface area contributed by atoms with Crippen LogP contribution in [0.2, 0.25) is 0 Å². The van der Waals surface area contributed by atoms with Crippen LogP contribution in [0.1, 0.15) is 56.6 Å². The van der Waals surface area contributed by atoms with E-state index in [-0.39, 0.29) is 0 Å². The summed E-state index contributed by atoms with van der Waals surface area (Å²) < 4.78 is 5.78. The zero-order valence-electron chi connectivity index (χ0n) is 11.8. The molecule has 2 unspecified atom stereocenters. The van der Waals surface area contributed by atoms with Crippen LogP contribution in [0.15, 0.2) is 18.2 Å². The summed E-state index contributed by atoms with van der Waals surface area (Å²) >= 11 is 0. The van der Waals surface area contributed by atoms with Crippen molar-refractivity contribution in [3.8, 4) is 5.75 Å². The van der Waals surface area contributed by atoms with E-state index in [1.165, 1.54) is 18.4 Å². The van der Waals surface area contributed by atoms with Gasteiger partial charge in [0.25, 0.3) is 0 Å². The van der Waals surface area contributed by atoms with Gasteiger partial charge in [-0.3, -0.25) is 0 Å². The number of benzene rings is 1. The maximum absolute atomic E-state index is 11.1. The Hall–Kier alpha value is -1.02. The molecule has 0 saturated heterocycles. The first-order valence-electron chi connectivity index (χ1n) is 7.70. The largest absolute Gasteiger partial charge is 0.493 e. The van der Waals surface area contributed by atoms with E-state index in [2.05, 4.69) is 25.1 Å². The molecule has 0 aromatic heterocycles. The van der Waals surface area contributed by atoms with Gasteiger partial charge in [-0.2, -0.15) is 0 Å². The fourth-order valence-electron chi connectivity index (χ4n) is 3.65. The molecule has 3 rings (SSSR count). The average Bonchev–Trinajstić information content (AvgIpc) is 2.82. The number of para-hydroxylation sites is 1. The Balaban J connectivity index is 1.90. The third-order valence-corrected chi connectivity index (χ3v) is 4.96. The third-order valence-electron chi connectivity index (χ3n) is 4.96. The summed E-state index contributed by atoms with van der Waals surface area (Å²) in [7, 11) is 0. The highest BCUT2D eigenvalue weighted by Gasteiger charge is 2.36. The Morgan fingerprint density at radius 1 is 1.32 bits per heavy atom. The van der Waals surface area contributed by atoms with Crippen molar-refractivity contribution in [3.63, 3.8) is 0 Å². The van der Waals surface area contributed by atoms with Crippen LogP contribution >= 0.6 is 0 Å². The minimum atomic E-state index is -0.667. The van der Waals surface area contributed by atoms with Crippen LogP contribution in [0.4, 0.5) is 0 Å². The van der Waals surface area contributed by atoms with Gasteiger partial charge in [0.2, 0.25) is 0 Å². The highest BCUT2D eigenvalue weighted by Crippen LogP contribution is 2.44. The number of hydrogen-bond donors (Lipinski definition) is 1. The average molecular weight is 260 g/mol. The zero-order valence-corrected chi connectivity index (χ0v) is 11.8. The van der Waals surface area contributed by atoms with Crippen LogP contribution in [0.3, 0.4) is 0 Å². The van der Waals surface area contributed by atoms with Crippen LogP contribution in [0.5, 0.6) is 5.75 Å². The predicted octanol–water partition coefficient (Wildman–Crippen LogP) is 3.80. The van der Waals surface area contributed by atoms with Crippen LogP contribution in [-0.4, -0.2) is 11.7 Å². The van der Waals surface area contributed by atoms with E-state index < -0.39 is 5.60 Å². The molecule has 1 aromatic carbocycles. The summed E-state index contributed by atoms with van der Waals surface area (Å²) in [5, 5.41) is 11.1. The Kier molecular flexibility index (Phi) is 3.53. The highest BCUT2D eigenvalue weighted by molar-refractivity contribution is 5.47. The van der Waals surface area contributed by atoms with E-state index in [4.69, 9.17) is 4.74 Å². The number of fused-ring (bicyclic) bond motifs is 1. The molecule has 104 valence electrons. The normalized spacial score (nSPS) is 30.5. The lowest BCUT2D eigenvalue weighted by molar-refractivity contribution is 0.0174. The van der Waals surface area contributed by atoms with Gasteiger partial charge in [-0.05, 0) is 37.2 Å². The van der Waals surface area contributed by atoms with Gasteiger partial charge < -0.3 is 9.84 Å². The maximum Gasteiger partial charge on any atom is 0.128 e. The van der Waals surface area contributed by atoms with Gasteiger partial charge in [0.1, 0.15) is 5.75 Å². The van der Waals surface area contributed by atoms with Crippen molar-refractivity contribution in [3.05, 3.63) is 29.3 Å². The predicted molar refractivity (Wildman–Crippen MR) is 76.4 cm³/mol. The second-order valence-electron chi connectivity index (χ2n) is 6.13. The first-order valence-corrected chi connectivity index (χ1v) is 7.70. The first-order chi connectivity index (χ1) is 9.23. The van der Waals surface area contributed by atoms with Crippen LogP contribution in [0, 0.1) is 5.92 Å². The van der Waals surface area contributed by atoms with Crippen molar-refractivity contribution in [1.29, 1.82) is 0 Å². The van der Waals surface area contributed by atoms with Crippen LogP contribution in [0.25, 0.3) is 0 Å². The van der Waals surface area contributed by atoms with Crippen molar-refractivity contribution in [2.45, 2.75) is 57.5 Å². The van der Waals surface area contributed by atoms with E-state index in [0.717, 1.165) is 55.9 Å². The monoisotopic (exact) mass is 260 g/mol. The van der Waals surface area contributed by atoms with E-state index in [1.807, 2.05) is 0 Å². The molecule has 1 saturated carbocycles. The molecule has 2 nitrogen and oxygen atoms in total. The van der Waals surface area contributed by atoms with E-state index in [0.29, 0.717) is 0 Å². The van der Waals surface area contributed by atoms with Crippen LogP contribution < -0.4 is 4.74 Å². The number of rotatable bonds is 2. The lowest BCUT2D eigenvalue weighted by Crippen LogP contribution is -2.25. The van der Waals surface area contributed by atoms with Crippen molar-refractivity contribution < 1.29 is 9.84 Å². The Morgan fingerprint density at radius 2 is 2.21 bits per heavy atom. The molecule has 2 atom stereocenters. The van der Waals surface area contributed by atoms with Crippen molar-refractivity contribution >= 4 is 0 Å². The Labute approximate surface area is 115 Å².